The summed E-state index contributed by atoms with van der Waals surface area (Å²) in [6, 6.07) is 0.540. The van der Waals surface area contributed by atoms with Crippen LogP contribution in [0, 0.1) is 0 Å². The SMILES string of the molecule is O=C(Cl)c1ncc(C(F)(F)F)cc1CS(=O)[O-]. The van der Waals surface area contributed by atoms with Crippen LogP contribution in [0.5, 0.6) is 0 Å². The molecule has 0 amide bonds. The van der Waals surface area contributed by atoms with Crippen molar-refractivity contribution >= 4 is 27.9 Å². The Bertz CT molecular complexity index is 478. The summed E-state index contributed by atoms with van der Waals surface area (Å²) in [6.45, 7) is 0. The Morgan fingerprint density at radius 2 is 2.12 bits per heavy atom. The van der Waals surface area contributed by atoms with Gasteiger partial charge in [-0.15, -0.1) is 0 Å². The number of aromatic nitrogens is 1. The second-order valence-corrected chi connectivity index (χ2v) is 4.19. The molecule has 1 atom stereocenters. The third kappa shape index (κ3) is 3.76. The van der Waals surface area contributed by atoms with Gasteiger partial charge >= 0.3 is 6.18 Å². The number of halogens is 4. The van der Waals surface area contributed by atoms with Crippen LogP contribution in [0.1, 0.15) is 21.6 Å². The summed E-state index contributed by atoms with van der Waals surface area (Å²) in [5.41, 5.74) is -2.02. The van der Waals surface area contributed by atoms with Gasteiger partial charge in [-0.25, -0.2) is 0 Å². The molecule has 4 nitrogen and oxygen atoms in total. The Morgan fingerprint density at radius 1 is 1.53 bits per heavy atom. The highest BCUT2D eigenvalue weighted by molar-refractivity contribution is 7.78. The van der Waals surface area contributed by atoms with E-state index in [1.165, 1.54) is 0 Å². The zero-order valence-corrected chi connectivity index (χ0v) is 9.53. The fraction of sp³-hybridized carbons (Fsp3) is 0.250. The standard InChI is InChI=1S/C8H5ClF3NO3S/c9-7(14)6-4(3-17(15)16)1-5(2-13-6)8(10,11)12/h1-2H,3H2,(H,15,16)/p-1. The highest BCUT2D eigenvalue weighted by Crippen LogP contribution is 2.30. The predicted octanol–water partition coefficient (Wildman–Crippen LogP) is 1.86. The Labute approximate surface area is 101 Å². The molecule has 0 bridgehead atoms. The van der Waals surface area contributed by atoms with Gasteiger partial charge < -0.3 is 4.55 Å². The maximum Gasteiger partial charge on any atom is 0.417 e. The van der Waals surface area contributed by atoms with Crippen LogP contribution in [0.25, 0.3) is 0 Å². The minimum Gasteiger partial charge on any atom is -0.772 e. The lowest BCUT2D eigenvalue weighted by Crippen LogP contribution is -2.11. The van der Waals surface area contributed by atoms with E-state index in [0.717, 1.165) is 0 Å². The van der Waals surface area contributed by atoms with Gasteiger partial charge in [0.15, 0.2) is 0 Å². The molecule has 0 spiro atoms. The molecule has 0 aliphatic carbocycles. The summed E-state index contributed by atoms with van der Waals surface area (Å²) < 4.78 is 57.9. The molecule has 1 aromatic rings. The van der Waals surface area contributed by atoms with Gasteiger partial charge in [-0.2, -0.15) is 13.2 Å². The van der Waals surface area contributed by atoms with E-state index < -0.39 is 39.5 Å². The van der Waals surface area contributed by atoms with Gasteiger partial charge in [-0.05, 0) is 23.2 Å². The van der Waals surface area contributed by atoms with Crippen LogP contribution in [-0.4, -0.2) is 19.0 Å². The van der Waals surface area contributed by atoms with E-state index in [1.54, 1.807) is 0 Å². The van der Waals surface area contributed by atoms with Crippen LogP contribution in [0.2, 0.25) is 0 Å². The molecule has 0 aliphatic heterocycles. The van der Waals surface area contributed by atoms with E-state index >= 15 is 0 Å². The minimum atomic E-state index is -4.67. The predicted molar refractivity (Wildman–Crippen MR) is 52.0 cm³/mol. The van der Waals surface area contributed by atoms with Gasteiger partial charge in [0.1, 0.15) is 5.69 Å². The summed E-state index contributed by atoms with van der Waals surface area (Å²) in [6.07, 6.45) is -4.24. The van der Waals surface area contributed by atoms with E-state index in [-0.39, 0.29) is 5.56 Å². The van der Waals surface area contributed by atoms with Crippen LogP contribution < -0.4 is 0 Å². The molecule has 94 valence electrons. The van der Waals surface area contributed by atoms with Gasteiger partial charge in [0.05, 0.1) is 5.56 Å². The number of nitrogens with zero attached hydrogens (tertiary/aromatic N) is 1. The lowest BCUT2D eigenvalue weighted by Gasteiger charge is -2.11. The summed E-state index contributed by atoms with van der Waals surface area (Å²) in [4.78, 5) is 14.1. The fourth-order valence-electron chi connectivity index (χ4n) is 1.08. The largest absolute Gasteiger partial charge is 0.772 e. The van der Waals surface area contributed by atoms with Crippen LogP contribution in [0.4, 0.5) is 13.2 Å². The quantitative estimate of drug-likeness (QED) is 0.628. The number of alkyl halides is 3. The number of carbonyl (C=O) groups excluding carboxylic acids is 1. The number of pyridine rings is 1. The van der Waals surface area contributed by atoms with Crippen molar-refractivity contribution in [3.63, 3.8) is 0 Å². The van der Waals surface area contributed by atoms with E-state index in [4.69, 9.17) is 11.6 Å². The fourth-order valence-corrected chi connectivity index (χ4v) is 1.72. The van der Waals surface area contributed by atoms with E-state index in [2.05, 4.69) is 4.98 Å². The monoisotopic (exact) mass is 286 g/mol. The van der Waals surface area contributed by atoms with Crippen molar-refractivity contribution in [3.05, 3.63) is 29.1 Å². The van der Waals surface area contributed by atoms with Gasteiger partial charge in [0.25, 0.3) is 5.24 Å². The highest BCUT2D eigenvalue weighted by Gasteiger charge is 2.32. The lowest BCUT2D eigenvalue weighted by molar-refractivity contribution is -0.137. The summed E-state index contributed by atoms with van der Waals surface area (Å²) in [5.74, 6) is -0.759. The normalized spacial score (nSPS) is 13.5. The molecule has 0 fully saturated rings. The Hall–Kier alpha value is -0.990. The number of carbonyl (C=O) groups is 1. The second kappa shape index (κ2) is 5.11. The Morgan fingerprint density at radius 3 is 2.53 bits per heavy atom. The Balaban J connectivity index is 3.29. The number of hydrogen-bond acceptors (Lipinski definition) is 4. The van der Waals surface area contributed by atoms with Crippen LogP contribution in [0.15, 0.2) is 12.3 Å². The first-order chi connectivity index (χ1) is 7.71. The average molecular weight is 287 g/mol. The zero-order chi connectivity index (χ0) is 13.2. The molecule has 1 heterocycles. The van der Waals surface area contributed by atoms with E-state index in [9.17, 15) is 26.7 Å². The molecular formula is C8H4ClF3NO3S-. The lowest BCUT2D eigenvalue weighted by atomic mass is 10.1. The van der Waals surface area contributed by atoms with Crippen molar-refractivity contribution in [2.45, 2.75) is 11.9 Å². The first kappa shape index (κ1) is 14.1. The first-order valence-corrected chi connectivity index (χ1v) is 5.66. The molecule has 1 unspecified atom stereocenters. The summed E-state index contributed by atoms with van der Waals surface area (Å²) >= 11 is 2.43. The molecule has 9 heteroatoms. The molecule has 0 radical (unpaired) electrons. The van der Waals surface area contributed by atoms with Crippen molar-refractivity contribution in [1.29, 1.82) is 0 Å². The minimum absolute atomic E-state index is 0.381. The van der Waals surface area contributed by atoms with Crippen molar-refractivity contribution in [2.75, 3.05) is 0 Å². The third-order valence-electron chi connectivity index (χ3n) is 1.75. The smallest absolute Gasteiger partial charge is 0.417 e. The molecule has 0 saturated heterocycles. The number of hydrogen-bond donors (Lipinski definition) is 0. The van der Waals surface area contributed by atoms with Gasteiger partial charge in [0, 0.05) is 11.9 Å². The topological polar surface area (TPSA) is 70.1 Å². The van der Waals surface area contributed by atoms with Crippen molar-refractivity contribution < 1.29 is 26.7 Å². The Kier molecular flexibility index (Phi) is 4.23. The molecule has 0 aliphatic rings. The highest BCUT2D eigenvalue weighted by atomic mass is 35.5. The first-order valence-electron chi connectivity index (χ1n) is 4.03. The molecule has 17 heavy (non-hydrogen) atoms. The average Bonchev–Trinajstić information content (AvgIpc) is 2.14. The maximum atomic E-state index is 12.3. The van der Waals surface area contributed by atoms with Crippen LogP contribution in [-0.2, 0) is 23.0 Å². The van der Waals surface area contributed by atoms with Crippen molar-refractivity contribution in [2.24, 2.45) is 0 Å². The summed E-state index contributed by atoms with van der Waals surface area (Å²) in [5, 5.41) is -1.11. The second-order valence-electron chi connectivity index (χ2n) is 2.95. The zero-order valence-electron chi connectivity index (χ0n) is 7.95. The molecule has 1 aromatic heterocycles. The molecule has 0 N–H and O–H groups in total. The summed E-state index contributed by atoms with van der Waals surface area (Å²) in [7, 11) is 0. The molecule has 0 saturated carbocycles. The van der Waals surface area contributed by atoms with Gasteiger partial charge in [-0.1, -0.05) is 11.1 Å². The van der Waals surface area contributed by atoms with E-state index in [1.807, 2.05) is 0 Å². The van der Waals surface area contributed by atoms with E-state index in [0.29, 0.717) is 12.3 Å². The van der Waals surface area contributed by atoms with Gasteiger partial charge in [0.2, 0.25) is 0 Å². The molecule has 0 aromatic carbocycles. The maximum absolute atomic E-state index is 12.3. The van der Waals surface area contributed by atoms with Crippen molar-refractivity contribution in [3.8, 4) is 0 Å². The van der Waals surface area contributed by atoms with Crippen LogP contribution in [0.3, 0.4) is 0 Å². The van der Waals surface area contributed by atoms with Crippen LogP contribution >= 0.6 is 11.6 Å². The van der Waals surface area contributed by atoms with Gasteiger partial charge in [-0.3, -0.25) is 14.0 Å². The molecule has 1 rings (SSSR count). The van der Waals surface area contributed by atoms with Crippen molar-refractivity contribution in [1.82, 2.24) is 4.98 Å². The number of rotatable bonds is 3. The molecular weight excluding hydrogens is 283 g/mol. The third-order valence-corrected chi connectivity index (χ3v) is 2.48.